The van der Waals surface area contributed by atoms with Crippen LogP contribution in [-0.4, -0.2) is 35.7 Å². The van der Waals surface area contributed by atoms with Crippen molar-refractivity contribution in [2.75, 3.05) is 13.7 Å². The second-order valence-electron chi connectivity index (χ2n) is 5.71. The first kappa shape index (κ1) is 20.8. The van der Waals surface area contributed by atoms with Crippen LogP contribution in [0, 0.1) is 12.3 Å². The predicted octanol–water partition coefficient (Wildman–Crippen LogP) is 4.08. The largest absolute Gasteiger partial charge is 0.480 e. The van der Waals surface area contributed by atoms with Gasteiger partial charge in [0.25, 0.3) is 11.1 Å². The summed E-state index contributed by atoms with van der Waals surface area (Å²) in [6, 6.07) is 8.17. The lowest BCUT2D eigenvalue weighted by Gasteiger charge is -2.10. The smallest absolute Gasteiger partial charge is 0.373 e. The topological polar surface area (TPSA) is 86.1 Å². The fraction of sp³-hybridized carbons (Fsp3) is 0.150. The number of terminal acetylenes is 1. The first-order valence-corrected chi connectivity index (χ1v) is 9.82. The number of carbonyl (C=O) groups excluding carboxylic acids is 3. The number of esters is 1. The molecule has 0 unspecified atom stereocenters. The number of amides is 2. The molecule has 148 valence electrons. The summed E-state index contributed by atoms with van der Waals surface area (Å²) in [5.74, 6) is 2.18. The molecule has 1 fully saturated rings. The van der Waals surface area contributed by atoms with Gasteiger partial charge in [0.05, 0.1) is 23.0 Å². The molecule has 0 bridgehead atoms. The molecular formula is C20H14BrNO6S. The van der Waals surface area contributed by atoms with E-state index in [9.17, 15) is 14.4 Å². The molecule has 9 heteroatoms. The fourth-order valence-electron chi connectivity index (χ4n) is 2.46. The lowest BCUT2D eigenvalue weighted by atomic mass is 10.2. The summed E-state index contributed by atoms with van der Waals surface area (Å²) >= 11 is 4.22. The Labute approximate surface area is 179 Å². The second kappa shape index (κ2) is 9.03. The molecule has 0 saturated carbocycles. The van der Waals surface area contributed by atoms with Crippen molar-refractivity contribution in [3.05, 3.63) is 56.8 Å². The van der Waals surface area contributed by atoms with E-state index >= 15 is 0 Å². The van der Waals surface area contributed by atoms with E-state index in [1.54, 1.807) is 24.3 Å². The van der Waals surface area contributed by atoms with Gasteiger partial charge in [-0.15, -0.1) is 6.42 Å². The summed E-state index contributed by atoms with van der Waals surface area (Å²) in [7, 11) is 1.23. The summed E-state index contributed by atoms with van der Waals surface area (Å²) in [4.78, 5) is 37.7. The molecule has 3 rings (SSSR count). The molecule has 7 nitrogen and oxygen atoms in total. The van der Waals surface area contributed by atoms with Gasteiger partial charge in [0.15, 0.2) is 0 Å². The SMILES string of the molecule is C#CCOc1ccc(C=C2SC(=O)N(Cc3ccc(C(=O)OC)o3)C2=O)cc1Br. The van der Waals surface area contributed by atoms with E-state index in [2.05, 4.69) is 26.6 Å². The predicted molar refractivity (Wildman–Crippen MR) is 110 cm³/mol. The number of thioether (sulfide) groups is 1. The Morgan fingerprint density at radius 1 is 1.34 bits per heavy atom. The van der Waals surface area contributed by atoms with Crippen LogP contribution in [0.5, 0.6) is 5.75 Å². The molecule has 0 radical (unpaired) electrons. The molecule has 1 aromatic heterocycles. The second-order valence-corrected chi connectivity index (χ2v) is 7.56. The van der Waals surface area contributed by atoms with E-state index in [4.69, 9.17) is 15.6 Å². The van der Waals surface area contributed by atoms with E-state index < -0.39 is 17.1 Å². The molecule has 1 aromatic carbocycles. The van der Waals surface area contributed by atoms with Gasteiger partial charge in [-0.05, 0) is 63.6 Å². The lowest BCUT2D eigenvalue weighted by molar-refractivity contribution is -0.123. The number of furan rings is 1. The van der Waals surface area contributed by atoms with Crippen LogP contribution in [0.15, 0.2) is 44.1 Å². The Kier molecular flexibility index (Phi) is 6.46. The maximum absolute atomic E-state index is 12.6. The minimum atomic E-state index is -0.634. The van der Waals surface area contributed by atoms with E-state index in [1.807, 2.05) is 0 Å². The maximum atomic E-state index is 12.6. The van der Waals surface area contributed by atoms with Gasteiger partial charge in [-0.2, -0.15) is 0 Å². The number of carbonyl (C=O) groups is 3. The summed E-state index contributed by atoms with van der Waals surface area (Å²) in [6.07, 6.45) is 6.79. The fourth-order valence-corrected chi connectivity index (χ4v) is 3.81. The molecule has 2 amide bonds. The maximum Gasteiger partial charge on any atom is 0.373 e. The summed E-state index contributed by atoms with van der Waals surface area (Å²) < 4.78 is 15.9. The van der Waals surface area contributed by atoms with Crippen LogP contribution in [0.2, 0.25) is 0 Å². The molecule has 1 aliphatic rings. The monoisotopic (exact) mass is 475 g/mol. The normalized spacial score (nSPS) is 14.9. The Morgan fingerprint density at radius 2 is 2.14 bits per heavy atom. The number of rotatable bonds is 6. The third-order valence-corrected chi connectivity index (χ3v) is 5.33. The van der Waals surface area contributed by atoms with Gasteiger partial charge in [0.1, 0.15) is 18.1 Å². The first-order valence-electron chi connectivity index (χ1n) is 8.21. The number of hydrogen-bond acceptors (Lipinski definition) is 7. The van der Waals surface area contributed by atoms with Gasteiger partial charge < -0.3 is 13.9 Å². The third kappa shape index (κ3) is 4.72. The molecule has 0 N–H and O–H groups in total. The van der Waals surface area contributed by atoms with Crippen LogP contribution < -0.4 is 4.74 Å². The van der Waals surface area contributed by atoms with Crippen molar-refractivity contribution in [2.45, 2.75) is 6.54 Å². The van der Waals surface area contributed by atoms with Gasteiger partial charge in [-0.1, -0.05) is 12.0 Å². The highest BCUT2D eigenvalue weighted by molar-refractivity contribution is 9.10. The number of ether oxygens (including phenoxy) is 2. The Bertz CT molecular complexity index is 1050. The lowest BCUT2D eigenvalue weighted by Crippen LogP contribution is -2.27. The average molecular weight is 476 g/mol. The molecular weight excluding hydrogens is 462 g/mol. The zero-order valence-corrected chi connectivity index (χ0v) is 17.5. The number of halogens is 1. The minimum absolute atomic E-state index is 0.00186. The van der Waals surface area contributed by atoms with E-state index in [0.29, 0.717) is 21.5 Å². The third-order valence-electron chi connectivity index (χ3n) is 3.80. The molecule has 0 atom stereocenters. The molecule has 0 aliphatic carbocycles. The van der Waals surface area contributed by atoms with E-state index in [-0.39, 0.29) is 23.8 Å². The number of hydrogen-bond donors (Lipinski definition) is 0. The van der Waals surface area contributed by atoms with Crippen molar-refractivity contribution < 1.29 is 28.3 Å². The standard InChI is InChI=1S/C20H14BrNO6S/c1-3-8-27-15-6-4-12(9-14(15)21)10-17-18(23)22(20(25)29-17)11-13-5-7-16(28-13)19(24)26-2/h1,4-7,9-10H,8,11H2,2H3. The highest BCUT2D eigenvalue weighted by Crippen LogP contribution is 2.35. The van der Waals surface area contributed by atoms with Gasteiger partial charge in [0.2, 0.25) is 5.76 Å². The summed E-state index contributed by atoms with van der Waals surface area (Å²) in [5, 5.41) is -0.426. The number of benzene rings is 1. The van der Waals surface area contributed by atoms with Crippen LogP contribution in [0.4, 0.5) is 4.79 Å². The number of imide groups is 1. The van der Waals surface area contributed by atoms with E-state index in [0.717, 1.165) is 16.7 Å². The van der Waals surface area contributed by atoms with Crippen LogP contribution in [-0.2, 0) is 16.1 Å². The molecule has 2 heterocycles. The Balaban J connectivity index is 1.74. The zero-order valence-electron chi connectivity index (χ0n) is 15.1. The van der Waals surface area contributed by atoms with Crippen molar-refractivity contribution in [3.63, 3.8) is 0 Å². The van der Waals surface area contributed by atoms with Crippen LogP contribution in [0.25, 0.3) is 6.08 Å². The van der Waals surface area contributed by atoms with E-state index in [1.165, 1.54) is 19.2 Å². The highest BCUT2D eigenvalue weighted by atomic mass is 79.9. The molecule has 29 heavy (non-hydrogen) atoms. The Hall–Kier alpha value is -2.96. The van der Waals surface area contributed by atoms with Crippen LogP contribution in [0.3, 0.4) is 0 Å². The summed E-state index contributed by atoms with van der Waals surface area (Å²) in [5.41, 5.74) is 0.710. The van der Waals surface area contributed by atoms with Crippen LogP contribution in [0.1, 0.15) is 21.9 Å². The highest BCUT2D eigenvalue weighted by Gasteiger charge is 2.35. The van der Waals surface area contributed by atoms with Crippen molar-refractivity contribution in [2.24, 2.45) is 0 Å². The van der Waals surface area contributed by atoms with Gasteiger partial charge in [-0.3, -0.25) is 14.5 Å². The molecule has 2 aromatic rings. The number of nitrogens with zero attached hydrogens (tertiary/aromatic N) is 1. The van der Waals surface area contributed by atoms with Gasteiger partial charge >= 0.3 is 5.97 Å². The molecule has 1 aliphatic heterocycles. The van der Waals surface area contributed by atoms with Crippen molar-refractivity contribution in [1.29, 1.82) is 0 Å². The summed E-state index contributed by atoms with van der Waals surface area (Å²) in [6.45, 7) is 0.0584. The van der Waals surface area contributed by atoms with Crippen LogP contribution >= 0.6 is 27.7 Å². The number of methoxy groups -OCH3 is 1. The minimum Gasteiger partial charge on any atom is -0.480 e. The van der Waals surface area contributed by atoms with Gasteiger partial charge in [-0.25, -0.2) is 4.79 Å². The average Bonchev–Trinajstić information content (AvgIpc) is 3.27. The first-order chi connectivity index (χ1) is 13.9. The van der Waals surface area contributed by atoms with Crippen molar-refractivity contribution >= 4 is 50.9 Å². The van der Waals surface area contributed by atoms with Crippen molar-refractivity contribution in [1.82, 2.24) is 4.90 Å². The molecule has 1 saturated heterocycles. The van der Waals surface area contributed by atoms with Gasteiger partial charge in [0, 0.05) is 0 Å². The zero-order chi connectivity index (χ0) is 21.0. The quantitative estimate of drug-likeness (QED) is 0.353. The van der Waals surface area contributed by atoms with Crippen molar-refractivity contribution in [3.8, 4) is 18.1 Å². The Morgan fingerprint density at radius 3 is 2.83 bits per heavy atom. The molecule has 0 spiro atoms.